The van der Waals surface area contributed by atoms with Crippen LogP contribution in [0.25, 0.3) is 0 Å². The molecule has 57 heavy (non-hydrogen) atoms. The van der Waals surface area contributed by atoms with Gasteiger partial charge in [-0.1, -0.05) is 167 Å². The number of ether oxygens (including phenoxy) is 2. The summed E-state index contributed by atoms with van der Waals surface area (Å²) in [7, 11) is -4.62. The van der Waals surface area contributed by atoms with Gasteiger partial charge in [-0.05, 0) is 64.2 Å². The number of carbonyl (C=O) groups excluding carboxylic acids is 2. The zero-order valence-electron chi connectivity index (χ0n) is 36.6. The Morgan fingerprint density at radius 3 is 1.26 bits per heavy atom. The molecule has 1 unspecified atom stereocenters. The van der Waals surface area contributed by atoms with Crippen LogP contribution in [0, 0.1) is 0 Å². The maximum absolute atomic E-state index is 12.6. The number of esters is 2. The summed E-state index contributed by atoms with van der Waals surface area (Å²) >= 11 is 0. The molecule has 0 saturated heterocycles. The largest absolute Gasteiger partial charge is 0.472 e. The molecule has 0 aliphatic rings. The standard InChI is InChI=1S/C46H87O10P/c1-3-5-7-9-11-13-15-17-19-20-21-22-24-26-28-30-32-34-36-38-46(50)56-44(42-55-57(51,52)54-40-43(48)39-47)41-53-45(49)37-35-33-31-29-27-25-23-18-16-14-12-10-8-6-4-2/h17-19,23,43-44,47-48H,3-16,20-22,24-42H2,1-2H3,(H,51,52)/b19-17+,23-18+/t43-,44+/m0/s1. The summed E-state index contributed by atoms with van der Waals surface area (Å²) < 4.78 is 32.8. The number of hydrogen-bond donors (Lipinski definition) is 3. The van der Waals surface area contributed by atoms with E-state index in [0.29, 0.717) is 12.8 Å². The van der Waals surface area contributed by atoms with E-state index in [1.54, 1.807) is 0 Å². The van der Waals surface area contributed by atoms with Crippen molar-refractivity contribution in [1.82, 2.24) is 0 Å². The lowest BCUT2D eigenvalue weighted by Gasteiger charge is -2.20. The van der Waals surface area contributed by atoms with E-state index in [4.69, 9.17) is 23.6 Å². The van der Waals surface area contributed by atoms with Gasteiger partial charge < -0.3 is 24.6 Å². The van der Waals surface area contributed by atoms with Crippen LogP contribution < -0.4 is 0 Å². The highest BCUT2D eigenvalue weighted by atomic mass is 31.2. The highest BCUT2D eigenvalue weighted by Gasteiger charge is 2.27. The van der Waals surface area contributed by atoms with E-state index in [-0.39, 0.29) is 19.4 Å². The molecular formula is C46H87O10P. The van der Waals surface area contributed by atoms with Crippen LogP contribution in [0.5, 0.6) is 0 Å². The number of rotatable bonds is 44. The van der Waals surface area contributed by atoms with E-state index >= 15 is 0 Å². The molecule has 0 saturated carbocycles. The van der Waals surface area contributed by atoms with Crippen LogP contribution in [0.1, 0.15) is 219 Å². The number of phosphoric acid groups is 1. The summed E-state index contributed by atoms with van der Waals surface area (Å²) in [6.45, 7) is 2.38. The van der Waals surface area contributed by atoms with Gasteiger partial charge in [0.1, 0.15) is 12.7 Å². The Bertz CT molecular complexity index is 1000. The Labute approximate surface area is 348 Å². The third kappa shape index (κ3) is 42.4. The zero-order chi connectivity index (χ0) is 41.9. The maximum Gasteiger partial charge on any atom is 0.472 e. The lowest BCUT2D eigenvalue weighted by Crippen LogP contribution is -2.29. The Kier molecular flexibility index (Phi) is 41.4. The van der Waals surface area contributed by atoms with E-state index < -0.39 is 51.8 Å². The van der Waals surface area contributed by atoms with Gasteiger partial charge in [0.25, 0.3) is 0 Å². The maximum atomic E-state index is 12.6. The van der Waals surface area contributed by atoms with Crippen molar-refractivity contribution in [1.29, 1.82) is 0 Å². The fraction of sp³-hybridized carbons (Fsp3) is 0.870. The Morgan fingerprint density at radius 2 is 0.860 bits per heavy atom. The first-order valence-corrected chi connectivity index (χ1v) is 24.8. The predicted molar refractivity (Wildman–Crippen MR) is 233 cm³/mol. The van der Waals surface area contributed by atoms with Crippen LogP contribution >= 0.6 is 7.82 Å². The van der Waals surface area contributed by atoms with E-state index in [1.165, 1.54) is 128 Å². The molecule has 3 atom stereocenters. The normalized spacial score (nSPS) is 14.0. The number of allylic oxidation sites excluding steroid dienone is 4. The predicted octanol–water partition coefficient (Wildman–Crippen LogP) is 12.6. The van der Waals surface area contributed by atoms with Crippen LogP contribution in [-0.4, -0.2) is 65.7 Å². The van der Waals surface area contributed by atoms with Crippen molar-refractivity contribution >= 4 is 19.8 Å². The molecule has 0 aromatic heterocycles. The molecule has 0 radical (unpaired) electrons. The monoisotopic (exact) mass is 831 g/mol. The van der Waals surface area contributed by atoms with Gasteiger partial charge in [0.05, 0.1) is 19.8 Å². The Hall–Kier alpha value is -1.55. The van der Waals surface area contributed by atoms with Gasteiger partial charge in [-0.25, -0.2) is 4.57 Å². The molecule has 0 aliphatic carbocycles. The second-order valence-corrected chi connectivity index (χ2v) is 17.2. The van der Waals surface area contributed by atoms with Gasteiger partial charge in [-0.2, -0.15) is 0 Å². The van der Waals surface area contributed by atoms with Gasteiger partial charge >= 0.3 is 19.8 Å². The van der Waals surface area contributed by atoms with Crippen molar-refractivity contribution < 1.29 is 47.8 Å². The molecule has 0 aromatic carbocycles. The second-order valence-electron chi connectivity index (χ2n) is 15.8. The van der Waals surface area contributed by atoms with Crippen molar-refractivity contribution in [3.63, 3.8) is 0 Å². The van der Waals surface area contributed by atoms with Crippen molar-refractivity contribution in [2.75, 3.05) is 26.4 Å². The molecule has 10 nitrogen and oxygen atoms in total. The van der Waals surface area contributed by atoms with Crippen molar-refractivity contribution in [2.24, 2.45) is 0 Å². The fourth-order valence-corrected chi connectivity index (χ4v) is 7.24. The van der Waals surface area contributed by atoms with E-state index in [9.17, 15) is 24.2 Å². The van der Waals surface area contributed by atoms with Crippen molar-refractivity contribution in [3.05, 3.63) is 24.3 Å². The molecule has 0 amide bonds. The lowest BCUT2D eigenvalue weighted by atomic mass is 10.1. The van der Waals surface area contributed by atoms with E-state index in [2.05, 4.69) is 38.2 Å². The van der Waals surface area contributed by atoms with Crippen LogP contribution in [0.2, 0.25) is 0 Å². The average Bonchev–Trinajstić information content (AvgIpc) is 3.20. The molecule has 0 heterocycles. The summed E-state index contributed by atoms with van der Waals surface area (Å²) in [6, 6.07) is 0. The molecule has 336 valence electrons. The third-order valence-electron chi connectivity index (χ3n) is 10.1. The molecule has 0 rings (SSSR count). The first-order chi connectivity index (χ1) is 27.7. The molecule has 3 N–H and O–H groups in total. The summed E-state index contributed by atoms with van der Waals surface area (Å²) in [6.07, 6.45) is 42.8. The number of aliphatic hydroxyl groups is 2. The molecule has 11 heteroatoms. The smallest absolute Gasteiger partial charge is 0.462 e. The number of carbonyl (C=O) groups is 2. The summed E-state index contributed by atoms with van der Waals surface area (Å²) in [5.74, 6) is -0.930. The van der Waals surface area contributed by atoms with Gasteiger partial charge in [0.2, 0.25) is 0 Å². The van der Waals surface area contributed by atoms with Gasteiger partial charge in [-0.15, -0.1) is 0 Å². The Balaban J connectivity index is 4.24. The minimum absolute atomic E-state index is 0.182. The highest BCUT2D eigenvalue weighted by molar-refractivity contribution is 7.47. The third-order valence-corrected chi connectivity index (χ3v) is 11.0. The molecule has 0 spiro atoms. The van der Waals surface area contributed by atoms with Gasteiger partial charge in [0.15, 0.2) is 6.10 Å². The summed E-state index contributed by atoms with van der Waals surface area (Å²) in [4.78, 5) is 35.0. The zero-order valence-corrected chi connectivity index (χ0v) is 37.5. The SMILES string of the molecule is CCCCCCCC/C=C/CCCCCCCCCCCC(=O)O[C@H](COC(=O)CCCCCCC/C=C/CCCCCCCC)COP(=O)(O)OC[C@@H](O)CO. The van der Waals surface area contributed by atoms with Gasteiger partial charge in [0, 0.05) is 12.8 Å². The molecule has 0 bridgehead atoms. The van der Waals surface area contributed by atoms with Crippen molar-refractivity contribution in [3.8, 4) is 0 Å². The number of phosphoric ester groups is 1. The van der Waals surface area contributed by atoms with Crippen molar-refractivity contribution in [2.45, 2.75) is 232 Å². The Morgan fingerprint density at radius 1 is 0.509 bits per heavy atom. The lowest BCUT2D eigenvalue weighted by molar-refractivity contribution is -0.161. The van der Waals surface area contributed by atoms with Crippen LogP contribution in [-0.2, 0) is 32.7 Å². The van der Waals surface area contributed by atoms with Crippen LogP contribution in [0.15, 0.2) is 24.3 Å². The minimum Gasteiger partial charge on any atom is -0.462 e. The molecule has 0 aromatic rings. The number of aliphatic hydroxyl groups excluding tert-OH is 2. The van der Waals surface area contributed by atoms with E-state index in [0.717, 1.165) is 51.4 Å². The quantitative estimate of drug-likeness (QED) is 0.0234. The molecule has 0 fully saturated rings. The second kappa shape index (κ2) is 42.6. The highest BCUT2D eigenvalue weighted by Crippen LogP contribution is 2.43. The molecular weight excluding hydrogens is 743 g/mol. The first kappa shape index (κ1) is 55.5. The van der Waals surface area contributed by atoms with E-state index in [1.807, 2.05) is 0 Å². The summed E-state index contributed by atoms with van der Waals surface area (Å²) in [5, 5.41) is 18.4. The first-order valence-electron chi connectivity index (χ1n) is 23.3. The average molecular weight is 831 g/mol. The fourth-order valence-electron chi connectivity index (χ4n) is 6.45. The molecule has 0 aliphatic heterocycles. The van der Waals surface area contributed by atoms with Crippen LogP contribution in [0.4, 0.5) is 0 Å². The number of hydrogen-bond acceptors (Lipinski definition) is 9. The number of unbranched alkanes of at least 4 members (excludes halogenated alkanes) is 26. The van der Waals surface area contributed by atoms with Crippen LogP contribution in [0.3, 0.4) is 0 Å². The van der Waals surface area contributed by atoms with Gasteiger partial charge in [-0.3, -0.25) is 18.6 Å². The summed E-state index contributed by atoms with van der Waals surface area (Å²) in [5.41, 5.74) is 0. The topological polar surface area (TPSA) is 149 Å². The minimum atomic E-state index is -4.62.